The summed E-state index contributed by atoms with van der Waals surface area (Å²) < 4.78 is 10.7. The second kappa shape index (κ2) is 10.3. The van der Waals surface area contributed by atoms with Crippen molar-refractivity contribution < 1.29 is 14.1 Å². The zero-order chi connectivity index (χ0) is 22.3. The Morgan fingerprint density at radius 3 is 2.66 bits per heavy atom. The predicted molar refractivity (Wildman–Crippen MR) is 124 cm³/mol. The number of para-hydroxylation sites is 1. The SMILES string of the molecule is COc1ccccc1CNC(=O)CCc1nc(-c2ccc(N3CCC(C)CC3)cc2)no1. The molecule has 2 aromatic carbocycles. The average Bonchev–Trinajstić information content (AvgIpc) is 3.31. The van der Waals surface area contributed by atoms with Crippen molar-refractivity contribution in [2.45, 2.75) is 39.2 Å². The van der Waals surface area contributed by atoms with E-state index in [9.17, 15) is 4.79 Å². The van der Waals surface area contributed by atoms with Crippen molar-refractivity contribution in [1.82, 2.24) is 15.5 Å². The number of piperidine rings is 1. The molecule has 7 nitrogen and oxygen atoms in total. The van der Waals surface area contributed by atoms with Crippen LogP contribution in [-0.2, 0) is 17.8 Å². The van der Waals surface area contributed by atoms with Gasteiger partial charge in [-0.2, -0.15) is 4.98 Å². The van der Waals surface area contributed by atoms with Gasteiger partial charge < -0.3 is 19.5 Å². The zero-order valence-corrected chi connectivity index (χ0v) is 18.7. The lowest BCUT2D eigenvalue weighted by Gasteiger charge is -2.32. The summed E-state index contributed by atoms with van der Waals surface area (Å²) in [4.78, 5) is 19.1. The quantitative estimate of drug-likeness (QED) is 0.571. The van der Waals surface area contributed by atoms with Crippen LogP contribution in [0.5, 0.6) is 5.75 Å². The van der Waals surface area contributed by atoms with E-state index in [1.165, 1.54) is 18.5 Å². The average molecular weight is 435 g/mol. The molecule has 0 aliphatic carbocycles. The number of amides is 1. The van der Waals surface area contributed by atoms with Gasteiger partial charge in [0, 0.05) is 49.3 Å². The highest BCUT2D eigenvalue weighted by atomic mass is 16.5. The molecule has 1 saturated heterocycles. The Morgan fingerprint density at radius 2 is 1.91 bits per heavy atom. The third kappa shape index (κ3) is 5.46. The third-order valence-electron chi connectivity index (χ3n) is 5.98. The minimum absolute atomic E-state index is 0.0733. The van der Waals surface area contributed by atoms with E-state index < -0.39 is 0 Å². The lowest BCUT2D eigenvalue weighted by molar-refractivity contribution is -0.121. The van der Waals surface area contributed by atoms with Gasteiger partial charge in [0.25, 0.3) is 0 Å². The summed E-state index contributed by atoms with van der Waals surface area (Å²) in [5.41, 5.74) is 3.08. The fourth-order valence-corrected chi connectivity index (χ4v) is 3.91. The van der Waals surface area contributed by atoms with Crippen molar-refractivity contribution in [1.29, 1.82) is 0 Å². The number of hydrogen-bond donors (Lipinski definition) is 1. The third-order valence-corrected chi connectivity index (χ3v) is 5.98. The van der Waals surface area contributed by atoms with E-state index in [1.807, 2.05) is 36.4 Å². The van der Waals surface area contributed by atoms with E-state index in [1.54, 1.807) is 7.11 Å². The number of carbonyl (C=O) groups is 1. The molecule has 0 saturated carbocycles. The number of rotatable bonds is 8. The Balaban J connectivity index is 1.27. The summed E-state index contributed by atoms with van der Waals surface area (Å²) in [5.74, 6) is 2.51. The number of ether oxygens (including phenoxy) is 1. The molecule has 0 atom stereocenters. The number of aromatic nitrogens is 2. The highest BCUT2D eigenvalue weighted by Crippen LogP contribution is 2.25. The van der Waals surface area contributed by atoms with Crippen molar-refractivity contribution in [3.8, 4) is 17.1 Å². The summed E-state index contributed by atoms with van der Waals surface area (Å²) in [6, 6.07) is 15.9. The van der Waals surface area contributed by atoms with Crippen molar-refractivity contribution in [3.05, 3.63) is 60.0 Å². The van der Waals surface area contributed by atoms with Crippen LogP contribution in [0.2, 0.25) is 0 Å². The smallest absolute Gasteiger partial charge is 0.227 e. The molecular formula is C25H30N4O3. The summed E-state index contributed by atoms with van der Waals surface area (Å²) in [7, 11) is 1.62. The standard InChI is InChI=1S/C25H30N4O3/c1-18-13-15-29(16-14-18)21-9-7-19(8-10-21)25-27-24(32-28-25)12-11-23(30)26-17-20-5-3-4-6-22(20)31-2/h3-10,18H,11-17H2,1-2H3,(H,26,30). The van der Waals surface area contributed by atoms with Gasteiger partial charge in [0.1, 0.15) is 5.75 Å². The van der Waals surface area contributed by atoms with Gasteiger partial charge in [-0.05, 0) is 49.1 Å². The number of nitrogens with one attached hydrogen (secondary N) is 1. The molecule has 1 aliphatic heterocycles. The van der Waals surface area contributed by atoms with Gasteiger partial charge in [-0.25, -0.2) is 0 Å². The van der Waals surface area contributed by atoms with E-state index in [4.69, 9.17) is 9.26 Å². The number of aryl methyl sites for hydroxylation is 1. The fourth-order valence-electron chi connectivity index (χ4n) is 3.91. The molecule has 1 aromatic heterocycles. The fraction of sp³-hybridized carbons (Fsp3) is 0.400. The largest absolute Gasteiger partial charge is 0.496 e. The predicted octanol–water partition coefficient (Wildman–Crippen LogP) is 4.23. The van der Waals surface area contributed by atoms with Gasteiger partial charge in [-0.1, -0.05) is 30.3 Å². The normalized spacial score (nSPS) is 14.4. The van der Waals surface area contributed by atoms with Crippen LogP contribution < -0.4 is 15.0 Å². The maximum atomic E-state index is 12.2. The first-order chi connectivity index (χ1) is 15.6. The summed E-state index contributed by atoms with van der Waals surface area (Å²) in [5, 5.41) is 6.99. The molecule has 3 aromatic rings. The Hall–Kier alpha value is -3.35. The molecule has 0 unspecified atom stereocenters. The van der Waals surface area contributed by atoms with Crippen LogP contribution in [0.25, 0.3) is 11.4 Å². The molecule has 168 valence electrons. The molecule has 32 heavy (non-hydrogen) atoms. The molecule has 2 heterocycles. The highest BCUT2D eigenvalue weighted by molar-refractivity contribution is 5.76. The van der Waals surface area contributed by atoms with Crippen molar-refractivity contribution in [3.63, 3.8) is 0 Å². The minimum Gasteiger partial charge on any atom is -0.496 e. The molecule has 4 rings (SSSR count). The highest BCUT2D eigenvalue weighted by Gasteiger charge is 2.17. The van der Waals surface area contributed by atoms with Gasteiger partial charge in [0.15, 0.2) is 0 Å². The topological polar surface area (TPSA) is 80.5 Å². The van der Waals surface area contributed by atoms with Gasteiger partial charge in [-0.3, -0.25) is 4.79 Å². The monoisotopic (exact) mass is 434 g/mol. The van der Waals surface area contributed by atoms with Crippen LogP contribution in [0.3, 0.4) is 0 Å². The number of carbonyl (C=O) groups excluding carboxylic acids is 1. The molecule has 0 spiro atoms. The van der Waals surface area contributed by atoms with Gasteiger partial charge in [-0.15, -0.1) is 0 Å². The van der Waals surface area contributed by atoms with E-state index in [0.29, 0.717) is 24.7 Å². The first-order valence-corrected chi connectivity index (χ1v) is 11.2. The number of benzene rings is 2. The number of nitrogens with zero attached hydrogens (tertiary/aromatic N) is 3. The van der Waals surface area contributed by atoms with Gasteiger partial charge in [0.05, 0.1) is 7.11 Å². The molecule has 1 N–H and O–H groups in total. The maximum absolute atomic E-state index is 12.2. The van der Waals surface area contributed by atoms with Crippen molar-refractivity contribution in [2.75, 3.05) is 25.1 Å². The number of hydrogen-bond acceptors (Lipinski definition) is 6. The second-order valence-corrected chi connectivity index (χ2v) is 8.32. The van der Waals surface area contributed by atoms with E-state index in [0.717, 1.165) is 35.9 Å². The molecule has 1 aliphatic rings. The Labute approximate surface area is 188 Å². The molecule has 7 heteroatoms. The summed E-state index contributed by atoms with van der Waals surface area (Å²) in [6.07, 6.45) is 3.16. The first-order valence-electron chi connectivity index (χ1n) is 11.2. The van der Waals surface area contributed by atoms with E-state index in [2.05, 4.69) is 39.4 Å². The lowest BCUT2D eigenvalue weighted by Crippen LogP contribution is -2.32. The zero-order valence-electron chi connectivity index (χ0n) is 18.7. The second-order valence-electron chi connectivity index (χ2n) is 8.32. The van der Waals surface area contributed by atoms with Crippen molar-refractivity contribution in [2.24, 2.45) is 5.92 Å². The van der Waals surface area contributed by atoms with Gasteiger partial charge in [0.2, 0.25) is 17.6 Å². The lowest BCUT2D eigenvalue weighted by atomic mass is 9.98. The Kier molecular flexibility index (Phi) is 7.04. The molecule has 0 bridgehead atoms. The first kappa shape index (κ1) is 21.9. The summed E-state index contributed by atoms with van der Waals surface area (Å²) in [6.45, 7) is 4.94. The van der Waals surface area contributed by atoms with Crippen LogP contribution >= 0.6 is 0 Å². The Bertz CT molecular complexity index is 1020. The molecule has 1 amide bonds. The maximum Gasteiger partial charge on any atom is 0.227 e. The van der Waals surface area contributed by atoms with Crippen LogP contribution in [0.1, 0.15) is 37.6 Å². The molecule has 1 fully saturated rings. The molecular weight excluding hydrogens is 404 g/mol. The Morgan fingerprint density at radius 1 is 1.16 bits per heavy atom. The van der Waals surface area contributed by atoms with Crippen LogP contribution in [0.15, 0.2) is 53.1 Å². The van der Waals surface area contributed by atoms with Crippen LogP contribution in [0.4, 0.5) is 5.69 Å². The van der Waals surface area contributed by atoms with Gasteiger partial charge >= 0.3 is 0 Å². The number of anilines is 1. The molecule has 0 radical (unpaired) electrons. The van der Waals surface area contributed by atoms with E-state index in [-0.39, 0.29) is 12.3 Å². The van der Waals surface area contributed by atoms with Crippen LogP contribution in [0, 0.1) is 5.92 Å². The number of methoxy groups -OCH3 is 1. The van der Waals surface area contributed by atoms with Crippen LogP contribution in [-0.4, -0.2) is 36.2 Å². The van der Waals surface area contributed by atoms with E-state index >= 15 is 0 Å². The minimum atomic E-state index is -0.0733. The van der Waals surface area contributed by atoms with Crippen molar-refractivity contribution >= 4 is 11.6 Å². The summed E-state index contributed by atoms with van der Waals surface area (Å²) >= 11 is 0.